The Bertz CT molecular complexity index is 1160. The molecule has 152 valence electrons. The molecule has 0 spiro atoms. The highest BCUT2D eigenvalue weighted by molar-refractivity contribution is 7.99. The van der Waals surface area contributed by atoms with Crippen LogP contribution in [0.1, 0.15) is 5.56 Å². The lowest BCUT2D eigenvalue weighted by Gasteiger charge is -2.06. The molecule has 8 nitrogen and oxygen atoms in total. The zero-order chi connectivity index (χ0) is 20.9. The van der Waals surface area contributed by atoms with Gasteiger partial charge in [0.15, 0.2) is 5.13 Å². The van der Waals surface area contributed by atoms with Gasteiger partial charge in [-0.1, -0.05) is 30.0 Å². The average Bonchev–Trinajstić information content (AvgIpc) is 3.42. The van der Waals surface area contributed by atoms with E-state index < -0.39 is 0 Å². The van der Waals surface area contributed by atoms with Crippen molar-refractivity contribution >= 4 is 34.1 Å². The van der Waals surface area contributed by atoms with Gasteiger partial charge < -0.3 is 10.1 Å². The quantitative estimate of drug-likeness (QED) is 0.438. The Hall–Kier alpha value is -3.24. The van der Waals surface area contributed by atoms with Gasteiger partial charge in [0.25, 0.3) is 0 Å². The van der Waals surface area contributed by atoms with Crippen LogP contribution in [0.5, 0.6) is 5.75 Å². The first kappa shape index (κ1) is 20.0. The average molecular weight is 439 g/mol. The number of aryl methyl sites for hydroxylation is 1. The van der Waals surface area contributed by atoms with Gasteiger partial charge in [-0.05, 0) is 53.2 Å². The SMILES string of the molecule is COc1ccc(-c2csc(NC(=O)CSc3nnnn3-c3ccccc3C)n2)cc1. The number of carbonyl (C=O) groups excluding carboxylic acids is 1. The normalized spacial score (nSPS) is 10.7. The number of methoxy groups -OCH3 is 1. The number of ether oxygens (including phenoxy) is 1. The van der Waals surface area contributed by atoms with E-state index in [1.807, 2.05) is 60.8 Å². The van der Waals surface area contributed by atoms with Gasteiger partial charge in [-0.15, -0.1) is 16.4 Å². The number of aromatic nitrogens is 5. The van der Waals surface area contributed by atoms with Crippen molar-refractivity contribution in [2.45, 2.75) is 12.1 Å². The molecule has 0 aliphatic carbocycles. The van der Waals surface area contributed by atoms with Crippen LogP contribution in [-0.2, 0) is 4.79 Å². The summed E-state index contributed by atoms with van der Waals surface area (Å²) in [5, 5.41) is 17.7. The van der Waals surface area contributed by atoms with Crippen LogP contribution < -0.4 is 10.1 Å². The number of nitrogens with zero attached hydrogens (tertiary/aromatic N) is 5. The molecule has 0 aliphatic rings. The minimum atomic E-state index is -0.171. The number of nitrogens with one attached hydrogen (secondary N) is 1. The van der Waals surface area contributed by atoms with Gasteiger partial charge in [-0.25, -0.2) is 4.98 Å². The van der Waals surface area contributed by atoms with Crippen LogP contribution in [0.2, 0.25) is 0 Å². The number of hydrogen-bond acceptors (Lipinski definition) is 8. The number of tetrazole rings is 1. The van der Waals surface area contributed by atoms with Gasteiger partial charge in [-0.3, -0.25) is 4.79 Å². The second kappa shape index (κ2) is 9.06. The van der Waals surface area contributed by atoms with E-state index in [1.54, 1.807) is 11.8 Å². The molecule has 0 unspecified atom stereocenters. The van der Waals surface area contributed by atoms with Gasteiger partial charge in [0.2, 0.25) is 11.1 Å². The lowest BCUT2D eigenvalue weighted by molar-refractivity contribution is -0.113. The smallest absolute Gasteiger partial charge is 0.236 e. The number of para-hydroxylation sites is 1. The third-order valence-electron chi connectivity index (χ3n) is 4.25. The van der Waals surface area contributed by atoms with Gasteiger partial charge >= 0.3 is 0 Å². The van der Waals surface area contributed by atoms with E-state index in [0.717, 1.165) is 28.3 Å². The minimum Gasteiger partial charge on any atom is -0.497 e. The molecule has 2 aromatic heterocycles. The highest BCUT2D eigenvalue weighted by atomic mass is 32.2. The van der Waals surface area contributed by atoms with Gasteiger partial charge in [0.1, 0.15) is 5.75 Å². The molecule has 0 fully saturated rings. The fraction of sp³-hybridized carbons (Fsp3) is 0.150. The summed E-state index contributed by atoms with van der Waals surface area (Å²) >= 11 is 2.65. The second-order valence-corrected chi connectivity index (χ2v) is 8.06. The summed E-state index contributed by atoms with van der Waals surface area (Å²) in [6.45, 7) is 1.99. The van der Waals surface area contributed by atoms with Crippen LogP contribution in [-0.4, -0.2) is 44.0 Å². The van der Waals surface area contributed by atoms with Gasteiger partial charge in [-0.2, -0.15) is 4.68 Å². The van der Waals surface area contributed by atoms with E-state index in [4.69, 9.17) is 4.74 Å². The summed E-state index contributed by atoms with van der Waals surface area (Å²) in [5.74, 6) is 0.784. The van der Waals surface area contributed by atoms with Crippen molar-refractivity contribution in [3.8, 4) is 22.7 Å². The van der Waals surface area contributed by atoms with Crippen LogP contribution >= 0.6 is 23.1 Å². The van der Waals surface area contributed by atoms with Crippen molar-refractivity contribution in [2.24, 2.45) is 0 Å². The maximum atomic E-state index is 12.4. The van der Waals surface area contributed by atoms with Crippen LogP contribution in [0, 0.1) is 6.92 Å². The Morgan fingerprint density at radius 3 is 2.77 bits per heavy atom. The van der Waals surface area contributed by atoms with Crippen molar-refractivity contribution in [3.05, 3.63) is 59.5 Å². The molecular weight excluding hydrogens is 420 g/mol. The van der Waals surface area contributed by atoms with E-state index in [-0.39, 0.29) is 11.7 Å². The lowest BCUT2D eigenvalue weighted by Crippen LogP contribution is -2.14. The van der Waals surface area contributed by atoms with Crippen molar-refractivity contribution in [3.63, 3.8) is 0 Å². The van der Waals surface area contributed by atoms with Crippen LogP contribution in [0.25, 0.3) is 16.9 Å². The summed E-state index contributed by atoms with van der Waals surface area (Å²) < 4.78 is 6.81. The molecule has 10 heteroatoms. The molecule has 0 atom stereocenters. The third-order valence-corrected chi connectivity index (χ3v) is 5.93. The molecule has 0 aliphatic heterocycles. The molecule has 0 saturated carbocycles. The molecule has 2 aromatic carbocycles. The molecule has 1 N–H and O–H groups in total. The number of amides is 1. The van der Waals surface area contributed by atoms with E-state index in [0.29, 0.717) is 10.3 Å². The molecule has 4 aromatic rings. The summed E-state index contributed by atoms with van der Waals surface area (Å²) in [5.41, 5.74) is 3.69. The summed E-state index contributed by atoms with van der Waals surface area (Å²) in [4.78, 5) is 16.9. The van der Waals surface area contributed by atoms with Crippen molar-refractivity contribution in [1.82, 2.24) is 25.2 Å². The lowest BCUT2D eigenvalue weighted by atomic mass is 10.2. The van der Waals surface area contributed by atoms with E-state index in [1.165, 1.54) is 23.1 Å². The Labute approximate surface area is 181 Å². The summed E-state index contributed by atoms with van der Waals surface area (Å²) in [6.07, 6.45) is 0. The first-order chi connectivity index (χ1) is 14.6. The topological polar surface area (TPSA) is 94.8 Å². The number of anilines is 1. The van der Waals surface area contributed by atoms with E-state index in [9.17, 15) is 4.79 Å². The monoisotopic (exact) mass is 438 g/mol. The fourth-order valence-corrected chi connectivity index (χ4v) is 4.15. The third kappa shape index (κ3) is 4.50. The van der Waals surface area contributed by atoms with Gasteiger partial charge in [0.05, 0.1) is 24.2 Å². The van der Waals surface area contributed by atoms with Crippen molar-refractivity contribution in [2.75, 3.05) is 18.2 Å². The predicted octanol–water partition coefficient (Wildman–Crippen LogP) is 3.83. The Morgan fingerprint density at radius 2 is 2.00 bits per heavy atom. The molecule has 2 heterocycles. The first-order valence-corrected chi connectivity index (χ1v) is 10.9. The molecule has 0 radical (unpaired) electrons. The number of thiazole rings is 1. The van der Waals surface area contributed by atoms with Gasteiger partial charge in [0, 0.05) is 10.9 Å². The molecule has 30 heavy (non-hydrogen) atoms. The number of hydrogen-bond donors (Lipinski definition) is 1. The molecular formula is C20H18N6O2S2. The first-order valence-electron chi connectivity index (χ1n) is 9.01. The van der Waals surface area contributed by atoms with Crippen molar-refractivity contribution < 1.29 is 9.53 Å². The van der Waals surface area contributed by atoms with E-state index >= 15 is 0 Å². The standard InChI is InChI=1S/C20H18N6O2S2/c1-13-5-3-4-6-17(13)26-20(23-24-25-26)30-12-18(27)22-19-21-16(11-29-19)14-7-9-15(28-2)10-8-14/h3-11H,12H2,1-2H3,(H,21,22,27). The Kier molecular flexibility index (Phi) is 6.05. The highest BCUT2D eigenvalue weighted by Crippen LogP contribution is 2.27. The number of benzene rings is 2. The van der Waals surface area contributed by atoms with Crippen LogP contribution in [0.4, 0.5) is 5.13 Å². The Morgan fingerprint density at radius 1 is 1.20 bits per heavy atom. The Balaban J connectivity index is 1.38. The highest BCUT2D eigenvalue weighted by Gasteiger charge is 2.14. The number of carbonyl (C=O) groups is 1. The second-order valence-electron chi connectivity index (χ2n) is 6.26. The summed E-state index contributed by atoms with van der Waals surface area (Å²) in [7, 11) is 1.63. The zero-order valence-electron chi connectivity index (χ0n) is 16.3. The molecule has 1 amide bonds. The van der Waals surface area contributed by atoms with Crippen molar-refractivity contribution in [1.29, 1.82) is 0 Å². The maximum Gasteiger partial charge on any atom is 0.236 e. The summed E-state index contributed by atoms with van der Waals surface area (Å²) in [6, 6.07) is 15.4. The van der Waals surface area contributed by atoms with E-state index in [2.05, 4.69) is 25.8 Å². The molecule has 4 rings (SSSR count). The fourth-order valence-electron chi connectivity index (χ4n) is 2.73. The largest absolute Gasteiger partial charge is 0.497 e. The molecule has 0 bridgehead atoms. The predicted molar refractivity (Wildman–Crippen MR) is 117 cm³/mol. The van der Waals surface area contributed by atoms with Crippen LogP contribution in [0.3, 0.4) is 0 Å². The van der Waals surface area contributed by atoms with Crippen LogP contribution in [0.15, 0.2) is 59.1 Å². The number of rotatable bonds is 7. The number of thioether (sulfide) groups is 1. The zero-order valence-corrected chi connectivity index (χ0v) is 17.9. The molecule has 0 saturated heterocycles. The maximum absolute atomic E-state index is 12.4. The minimum absolute atomic E-state index is 0.170.